The molecule has 0 aliphatic carbocycles. The van der Waals surface area contributed by atoms with Crippen LogP contribution in [0, 0.1) is 18.7 Å². The van der Waals surface area contributed by atoms with Gasteiger partial charge in [0.1, 0.15) is 22.8 Å². The molecule has 0 bridgehead atoms. The van der Waals surface area contributed by atoms with Crippen LogP contribution in [0.4, 0.5) is 9.18 Å². The first kappa shape index (κ1) is 17.8. The minimum absolute atomic E-state index is 0.155. The van der Waals surface area contributed by atoms with Crippen molar-refractivity contribution < 1.29 is 18.3 Å². The zero-order valence-electron chi connectivity index (χ0n) is 15.6. The molecule has 2 heterocycles. The highest BCUT2D eigenvalue weighted by Gasteiger charge is 2.33. The maximum Gasteiger partial charge on any atom is 0.410 e. The van der Waals surface area contributed by atoms with E-state index in [-0.39, 0.29) is 23.7 Å². The van der Waals surface area contributed by atoms with Gasteiger partial charge in [0.2, 0.25) is 0 Å². The van der Waals surface area contributed by atoms with Crippen molar-refractivity contribution in [2.45, 2.75) is 52.6 Å². The molecule has 0 spiro atoms. The van der Waals surface area contributed by atoms with Gasteiger partial charge in [-0.3, -0.25) is 0 Å². The SMILES string of the molecule is Cc1cc2cc(F)cc(C3CCN(C(=O)OC(C)(C)C)CC3C)c2o1. The lowest BCUT2D eigenvalue weighted by atomic mass is 9.81. The number of likely N-dealkylation sites (tertiary alicyclic amines) is 1. The average molecular weight is 347 g/mol. The van der Waals surface area contributed by atoms with Gasteiger partial charge in [-0.1, -0.05) is 6.92 Å². The zero-order chi connectivity index (χ0) is 18.4. The second-order valence-corrected chi connectivity index (χ2v) is 8.07. The minimum atomic E-state index is -0.502. The summed E-state index contributed by atoms with van der Waals surface area (Å²) < 4.78 is 25.3. The molecule has 1 saturated heterocycles. The van der Waals surface area contributed by atoms with Gasteiger partial charge >= 0.3 is 6.09 Å². The Morgan fingerprint density at radius 2 is 2.04 bits per heavy atom. The van der Waals surface area contributed by atoms with Crippen molar-refractivity contribution in [2.24, 2.45) is 5.92 Å². The topological polar surface area (TPSA) is 42.7 Å². The first-order valence-corrected chi connectivity index (χ1v) is 8.81. The lowest BCUT2D eigenvalue weighted by Crippen LogP contribution is -2.44. The molecule has 1 aromatic carbocycles. The van der Waals surface area contributed by atoms with Gasteiger partial charge in [-0.2, -0.15) is 0 Å². The number of fused-ring (bicyclic) bond motifs is 1. The van der Waals surface area contributed by atoms with E-state index in [0.29, 0.717) is 13.1 Å². The number of ether oxygens (including phenoxy) is 1. The summed E-state index contributed by atoms with van der Waals surface area (Å²) in [5.74, 6) is 0.880. The summed E-state index contributed by atoms with van der Waals surface area (Å²) in [7, 11) is 0. The third-order valence-electron chi connectivity index (χ3n) is 4.69. The Morgan fingerprint density at radius 3 is 2.68 bits per heavy atom. The van der Waals surface area contributed by atoms with E-state index in [0.717, 1.165) is 28.7 Å². The van der Waals surface area contributed by atoms with Gasteiger partial charge in [-0.15, -0.1) is 0 Å². The molecule has 0 radical (unpaired) electrons. The van der Waals surface area contributed by atoms with Crippen molar-refractivity contribution in [2.75, 3.05) is 13.1 Å². The van der Waals surface area contributed by atoms with Crippen LogP contribution in [0.2, 0.25) is 0 Å². The molecule has 2 aromatic rings. The van der Waals surface area contributed by atoms with Gasteiger partial charge in [-0.05, 0) is 64.2 Å². The lowest BCUT2D eigenvalue weighted by Gasteiger charge is -2.37. The molecule has 136 valence electrons. The van der Waals surface area contributed by atoms with Crippen molar-refractivity contribution in [3.05, 3.63) is 35.3 Å². The number of carbonyl (C=O) groups is 1. The molecule has 1 aromatic heterocycles. The van der Waals surface area contributed by atoms with Gasteiger partial charge in [0.15, 0.2) is 0 Å². The summed E-state index contributed by atoms with van der Waals surface area (Å²) >= 11 is 0. The number of amides is 1. The molecule has 5 heteroatoms. The number of hydrogen-bond donors (Lipinski definition) is 0. The van der Waals surface area contributed by atoms with Gasteiger partial charge < -0.3 is 14.1 Å². The van der Waals surface area contributed by atoms with Crippen molar-refractivity contribution >= 4 is 17.1 Å². The number of furan rings is 1. The number of piperidine rings is 1. The third kappa shape index (κ3) is 3.80. The second-order valence-electron chi connectivity index (χ2n) is 8.07. The molecule has 1 amide bonds. The molecule has 1 fully saturated rings. The van der Waals surface area contributed by atoms with Crippen LogP contribution in [0.3, 0.4) is 0 Å². The largest absolute Gasteiger partial charge is 0.461 e. The fourth-order valence-electron chi connectivity index (χ4n) is 3.65. The Labute approximate surface area is 147 Å². The minimum Gasteiger partial charge on any atom is -0.461 e. The van der Waals surface area contributed by atoms with Gasteiger partial charge in [-0.25, -0.2) is 9.18 Å². The first-order chi connectivity index (χ1) is 11.6. The van der Waals surface area contributed by atoms with E-state index < -0.39 is 5.60 Å². The van der Waals surface area contributed by atoms with E-state index in [1.54, 1.807) is 11.0 Å². The van der Waals surface area contributed by atoms with Crippen molar-refractivity contribution in [3.8, 4) is 0 Å². The van der Waals surface area contributed by atoms with Crippen LogP contribution in [0.1, 0.15) is 51.4 Å². The highest BCUT2D eigenvalue weighted by atomic mass is 19.1. The standard InChI is InChI=1S/C20H26FNO3/c1-12-11-22(19(23)25-20(3,4)5)7-6-16(12)17-10-15(21)9-14-8-13(2)24-18(14)17/h8-10,12,16H,6-7,11H2,1-5H3. The van der Waals surface area contributed by atoms with E-state index in [1.165, 1.54) is 6.07 Å². The highest BCUT2D eigenvalue weighted by Crippen LogP contribution is 2.38. The van der Waals surface area contributed by atoms with E-state index in [4.69, 9.17) is 9.15 Å². The number of hydrogen-bond acceptors (Lipinski definition) is 3. The molecular formula is C20H26FNO3. The van der Waals surface area contributed by atoms with Gasteiger partial charge in [0, 0.05) is 24.0 Å². The maximum absolute atomic E-state index is 14.1. The number of benzene rings is 1. The monoisotopic (exact) mass is 347 g/mol. The van der Waals surface area contributed by atoms with E-state index in [1.807, 2.05) is 33.8 Å². The number of carbonyl (C=O) groups excluding carboxylic acids is 1. The van der Waals surface area contributed by atoms with E-state index >= 15 is 0 Å². The molecule has 2 unspecified atom stereocenters. The Hall–Kier alpha value is -2.04. The lowest BCUT2D eigenvalue weighted by molar-refractivity contribution is 0.0155. The average Bonchev–Trinajstić information content (AvgIpc) is 2.84. The summed E-state index contributed by atoms with van der Waals surface area (Å²) in [4.78, 5) is 14.0. The van der Waals surface area contributed by atoms with Crippen LogP contribution in [-0.4, -0.2) is 29.7 Å². The Kier molecular flexibility index (Phi) is 4.52. The molecule has 0 saturated carbocycles. The predicted molar refractivity (Wildman–Crippen MR) is 95.2 cm³/mol. The quantitative estimate of drug-likeness (QED) is 0.708. The fourth-order valence-corrected chi connectivity index (χ4v) is 3.65. The second kappa shape index (κ2) is 6.36. The Balaban J connectivity index is 1.82. The highest BCUT2D eigenvalue weighted by molar-refractivity contribution is 5.82. The summed E-state index contributed by atoms with van der Waals surface area (Å²) in [5.41, 5.74) is 1.17. The van der Waals surface area contributed by atoms with Crippen LogP contribution >= 0.6 is 0 Å². The molecule has 0 N–H and O–H groups in total. The van der Waals surface area contributed by atoms with Crippen LogP contribution in [0.25, 0.3) is 11.0 Å². The summed E-state index contributed by atoms with van der Waals surface area (Å²) in [6.45, 7) is 10.8. The fraction of sp³-hybridized carbons (Fsp3) is 0.550. The Morgan fingerprint density at radius 1 is 1.32 bits per heavy atom. The predicted octanol–water partition coefficient (Wildman–Crippen LogP) is 5.24. The van der Waals surface area contributed by atoms with Crippen LogP contribution in [0.15, 0.2) is 22.6 Å². The van der Waals surface area contributed by atoms with E-state index in [2.05, 4.69) is 6.92 Å². The van der Waals surface area contributed by atoms with E-state index in [9.17, 15) is 9.18 Å². The molecule has 1 aliphatic heterocycles. The first-order valence-electron chi connectivity index (χ1n) is 8.81. The number of aryl methyl sites for hydroxylation is 1. The molecule has 25 heavy (non-hydrogen) atoms. The normalized spacial score (nSPS) is 21.6. The van der Waals surface area contributed by atoms with Crippen LogP contribution in [-0.2, 0) is 4.74 Å². The summed E-state index contributed by atoms with van der Waals surface area (Å²) in [5, 5.41) is 0.800. The number of rotatable bonds is 1. The van der Waals surface area contributed by atoms with Crippen LogP contribution < -0.4 is 0 Å². The third-order valence-corrected chi connectivity index (χ3v) is 4.69. The summed E-state index contributed by atoms with van der Waals surface area (Å²) in [6, 6.07) is 4.95. The molecule has 1 aliphatic rings. The van der Waals surface area contributed by atoms with Crippen molar-refractivity contribution in [3.63, 3.8) is 0 Å². The van der Waals surface area contributed by atoms with Gasteiger partial charge in [0.05, 0.1) is 0 Å². The maximum atomic E-state index is 14.1. The van der Waals surface area contributed by atoms with Crippen LogP contribution in [0.5, 0.6) is 0 Å². The van der Waals surface area contributed by atoms with Gasteiger partial charge in [0.25, 0.3) is 0 Å². The molecule has 4 nitrogen and oxygen atoms in total. The number of nitrogens with zero attached hydrogens (tertiary/aromatic N) is 1. The van der Waals surface area contributed by atoms with Crippen molar-refractivity contribution in [1.82, 2.24) is 4.90 Å². The van der Waals surface area contributed by atoms with Crippen molar-refractivity contribution in [1.29, 1.82) is 0 Å². The smallest absolute Gasteiger partial charge is 0.410 e. The molecular weight excluding hydrogens is 321 g/mol. The molecule has 2 atom stereocenters. The molecule has 3 rings (SSSR count). The number of halogens is 1. The zero-order valence-corrected chi connectivity index (χ0v) is 15.6. The Bertz CT molecular complexity index is 790. The summed E-state index contributed by atoms with van der Waals surface area (Å²) in [6.07, 6.45) is 0.481.